The monoisotopic (exact) mass is 533 g/mol. The van der Waals surface area contributed by atoms with Crippen LogP contribution >= 0.6 is 0 Å². The molecule has 0 N–H and O–H groups in total. The van der Waals surface area contributed by atoms with Gasteiger partial charge in [0.05, 0.1) is 20.2 Å². The van der Waals surface area contributed by atoms with Gasteiger partial charge >= 0.3 is 0 Å². The number of aromatic nitrogens is 1. The molecule has 7 nitrogen and oxygen atoms in total. The van der Waals surface area contributed by atoms with Crippen molar-refractivity contribution in [2.24, 2.45) is 0 Å². The molecule has 0 atom stereocenters. The number of nitrogens with zero attached hydrogens (tertiary/aromatic N) is 3. The van der Waals surface area contributed by atoms with Crippen LogP contribution in [-0.2, 0) is 34.0 Å². The minimum absolute atomic E-state index is 0.0303. The van der Waals surface area contributed by atoms with Gasteiger partial charge < -0.3 is 23.8 Å². The Morgan fingerprint density at radius 2 is 1.64 bits per heavy atom. The van der Waals surface area contributed by atoms with Crippen LogP contribution in [0.4, 0.5) is 0 Å². The van der Waals surface area contributed by atoms with Crippen molar-refractivity contribution in [1.29, 1.82) is 0 Å². The highest BCUT2D eigenvalue weighted by molar-refractivity contribution is 5.84. The zero-order chi connectivity index (χ0) is 27.9. The maximum Gasteiger partial charge on any atom is 0.242 e. The summed E-state index contributed by atoms with van der Waals surface area (Å²) in [4.78, 5) is 30.4. The molecule has 0 aliphatic heterocycles. The van der Waals surface area contributed by atoms with Crippen molar-refractivity contribution in [2.75, 3.05) is 33.4 Å². The number of unbranched alkanes of at least 4 members (excludes halogenated alkanes) is 1. The van der Waals surface area contributed by atoms with E-state index in [0.717, 1.165) is 35.4 Å². The van der Waals surface area contributed by atoms with Crippen LogP contribution in [0.5, 0.6) is 5.75 Å². The third kappa shape index (κ3) is 9.91. The number of methoxy groups -OCH3 is 1. The Hall–Kier alpha value is -3.58. The summed E-state index contributed by atoms with van der Waals surface area (Å²) in [6, 6.07) is 22.1. The second-order valence-corrected chi connectivity index (χ2v) is 9.68. The van der Waals surface area contributed by atoms with E-state index in [2.05, 4.69) is 23.6 Å². The van der Waals surface area contributed by atoms with E-state index >= 15 is 0 Å². The van der Waals surface area contributed by atoms with Gasteiger partial charge in [-0.15, -0.1) is 0 Å². The van der Waals surface area contributed by atoms with Crippen LogP contribution in [0.25, 0.3) is 0 Å². The third-order valence-electron chi connectivity index (χ3n) is 6.68. The minimum Gasteiger partial charge on any atom is -0.497 e. The summed E-state index contributed by atoms with van der Waals surface area (Å²) in [6.45, 7) is 7.42. The molecule has 0 spiro atoms. The Kier molecular flexibility index (Phi) is 12.6. The third-order valence-corrected chi connectivity index (χ3v) is 6.68. The van der Waals surface area contributed by atoms with Crippen molar-refractivity contribution >= 4 is 11.8 Å². The van der Waals surface area contributed by atoms with E-state index < -0.39 is 0 Å². The molecule has 0 saturated heterocycles. The number of hydrogen-bond acceptors (Lipinski definition) is 4. The number of amides is 2. The molecule has 0 fully saturated rings. The Bertz CT molecular complexity index is 1150. The van der Waals surface area contributed by atoms with Gasteiger partial charge in [-0.2, -0.15) is 0 Å². The van der Waals surface area contributed by atoms with Crippen LogP contribution in [0.1, 0.15) is 56.4 Å². The Morgan fingerprint density at radius 1 is 0.846 bits per heavy atom. The zero-order valence-corrected chi connectivity index (χ0v) is 23.7. The van der Waals surface area contributed by atoms with Gasteiger partial charge in [-0.05, 0) is 55.2 Å². The average Bonchev–Trinajstić information content (AvgIpc) is 3.39. The fourth-order valence-corrected chi connectivity index (χ4v) is 4.49. The normalized spacial score (nSPS) is 10.8. The van der Waals surface area contributed by atoms with Gasteiger partial charge in [-0.3, -0.25) is 9.59 Å². The number of carbonyl (C=O) groups excluding carboxylic acids is 2. The Balaban J connectivity index is 1.78. The molecule has 39 heavy (non-hydrogen) atoms. The molecule has 2 aromatic carbocycles. The van der Waals surface area contributed by atoms with Crippen LogP contribution in [0, 0.1) is 0 Å². The van der Waals surface area contributed by atoms with Crippen molar-refractivity contribution in [3.05, 3.63) is 89.7 Å². The quantitative estimate of drug-likeness (QED) is 0.214. The lowest BCUT2D eigenvalue weighted by molar-refractivity contribution is -0.141. The van der Waals surface area contributed by atoms with Crippen LogP contribution in [-0.4, -0.2) is 59.6 Å². The molecule has 2 amide bonds. The molecule has 0 bridgehead atoms. The van der Waals surface area contributed by atoms with Gasteiger partial charge in [0.1, 0.15) is 5.75 Å². The summed E-state index contributed by atoms with van der Waals surface area (Å²) in [6.07, 6.45) is 4.97. The second kappa shape index (κ2) is 16.4. The summed E-state index contributed by atoms with van der Waals surface area (Å²) >= 11 is 0. The van der Waals surface area contributed by atoms with Gasteiger partial charge in [0.2, 0.25) is 11.8 Å². The first-order valence-corrected chi connectivity index (χ1v) is 14.0. The lowest BCUT2D eigenvalue weighted by atomic mass is 10.2. The number of ether oxygens (including phenoxy) is 2. The van der Waals surface area contributed by atoms with Crippen LogP contribution in [0.3, 0.4) is 0 Å². The fourth-order valence-electron chi connectivity index (χ4n) is 4.49. The summed E-state index contributed by atoms with van der Waals surface area (Å²) < 4.78 is 13.0. The van der Waals surface area contributed by atoms with Crippen LogP contribution < -0.4 is 4.74 Å². The molecule has 0 unspecified atom stereocenters. The maximum atomic E-state index is 13.8. The molecule has 0 radical (unpaired) electrons. The standard InChI is InChI=1S/C32H43N3O4/c1-4-6-18-31(36)34(20-12-21-39-5-2)26-32(37)35(23-27-13-8-7-9-14-27)25-29-16-11-19-33(29)24-28-15-10-17-30(22-28)38-3/h7-11,13-17,19,22H,4-6,12,18,20-21,23-26H2,1-3H3. The average molecular weight is 534 g/mol. The number of carbonyl (C=O) groups is 2. The van der Waals surface area contributed by atoms with Crippen molar-refractivity contribution in [1.82, 2.24) is 14.4 Å². The number of rotatable bonds is 17. The molecule has 1 heterocycles. The minimum atomic E-state index is -0.0609. The molecule has 0 saturated carbocycles. The predicted molar refractivity (Wildman–Crippen MR) is 154 cm³/mol. The summed E-state index contributed by atoms with van der Waals surface area (Å²) in [5.74, 6) is 0.788. The molecule has 7 heteroatoms. The zero-order valence-electron chi connectivity index (χ0n) is 23.7. The highest BCUT2D eigenvalue weighted by Crippen LogP contribution is 2.17. The summed E-state index contributed by atoms with van der Waals surface area (Å²) in [5.41, 5.74) is 3.20. The molecule has 3 rings (SSSR count). The lowest BCUT2D eigenvalue weighted by Crippen LogP contribution is -2.43. The van der Waals surface area contributed by atoms with Gasteiger partial charge in [-0.25, -0.2) is 0 Å². The van der Waals surface area contributed by atoms with Crippen molar-refractivity contribution < 1.29 is 19.1 Å². The molecule has 210 valence electrons. The van der Waals surface area contributed by atoms with E-state index in [1.54, 1.807) is 12.0 Å². The maximum absolute atomic E-state index is 13.8. The van der Waals surface area contributed by atoms with Crippen LogP contribution in [0.2, 0.25) is 0 Å². The van der Waals surface area contributed by atoms with E-state index in [9.17, 15) is 9.59 Å². The highest BCUT2D eigenvalue weighted by Gasteiger charge is 2.22. The molecular formula is C32H43N3O4. The van der Waals surface area contributed by atoms with E-state index in [1.165, 1.54) is 0 Å². The predicted octanol–water partition coefficient (Wildman–Crippen LogP) is 5.52. The van der Waals surface area contributed by atoms with Crippen LogP contribution in [0.15, 0.2) is 72.9 Å². The van der Waals surface area contributed by atoms with E-state index in [0.29, 0.717) is 52.2 Å². The number of hydrogen-bond donors (Lipinski definition) is 0. The molecule has 0 aliphatic carbocycles. The smallest absolute Gasteiger partial charge is 0.242 e. The SMILES string of the molecule is CCCCC(=O)N(CCCOCC)CC(=O)N(Cc1ccccc1)Cc1cccn1Cc1cccc(OC)c1. The Labute approximate surface area is 233 Å². The molecule has 3 aromatic rings. The van der Waals surface area contributed by atoms with Crippen molar-refractivity contribution in [3.63, 3.8) is 0 Å². The van der Waals surface area contributed by atoms with Gasteiger partial charge in [0.25, 0.3) is 0 Å². The van der Waals surface area contributed by atoms with Crippen molar-refractivity contribution in [3.8, 4) is 5.75 Å². The lowest BCUT2D eigenvalue weighted by Gasteiger charge is -2.28. The molecule has 0 aliphatic rings. The van der Waals surface area contributed by atoms with E-state index in [4.69, 9.17) is 9.47 Å². The summed E-state index contributed by atoms with van der Waals surface area (Å²) in [5, 5.41) is 0. The highest BCUT2D eigenvalue weighted by atomic mass is 16.5. The molecule has 1 aromatic heterocycles. The first-order chi connectivity index (χ1) is 19.0. The van der Waals surface area contributed by atoms with E-state index in [1.807, 2.05) is 72.6 Å². The first-order valence-electron chi connectivity index (χ1n) is 14.0. The Morgan fingerprint density at radius 3 is 2.38 bits per heavy atom. The molecular weight excluding hydrogens is 490 g/mol. The van der Waals surface area contributed by atoms with Crippen molar-refractivity contribution in [2.45, 2.75) is 59.2 Å². The van der Waals surface area contributed by atoms with E-state index in [-0.39, 0.29) is 18.4 Å². The largest absolute Gasteiger partial charge is 0.497 e. The topological polar surface area (TPSA) is 64.0 Å². The fraction of sp³-hybridized carbons (Fsp3) is 0.438. The van der Waals surface area contributed by atoms with Gasteiger partial charge in [0, 0.05) is 51.2 Å². The van der Waals surface area contributed by atoms with Gasteiger partial charge in [-0.1, -0.05) is 55.8 Å². The second-order valence-electron chi connectivity index (χ2n) is 9.68. The number of benzene rings is 2. The summed E-state index contributed by atoms with van der Waals surface area (Å²) in [7, 11) is 1.67. The van der Waals surface area contributed by atoms with Gasteiger partial charge in [0.15, 0.2) is 0 Å². The first kappa shape index (κ1) is 30.0.